The van der Waals surface area contributed by atoms with E-state index in [4.69, 9.17) is 10.5 Å². The molecule has 0 bridgehead atoms. The molecular weight excluding hydrogens is 258 g/mol. The minimum Gasteiger partial charge on any atom is -0.317 e. The Balaban J connectivity index is 2.35. The molecule has 0 N–H and O–H groups in total. The summed E-state index contributed by atoms with van der Waals surface area (Å²) in [6, 6.07) is 17.7. The minimum atomic E-state index is 0.0989. The molecule has 0 aliphatic heterocycles. The molecule has 0 radical (unpaired) electrons. The summed E-state index contributed by atoms with van der Waals surface area (Å²) in [6.45, 7) is 3.87. The summed E-state index contributed by atoms with van der Waals surface area (Å²) in [4.78, 5) is 0. The van der Waals surface area contributed by atoms with Gasteiger partial charge in [-0.15, -0.1) is 0 Å². The molecule has 21 heavy (non-hydrogen) atoms. The zero-order valence-corrected chi connectivity index (χ0v) is 11.2. The summed E-state index contributed by atoms with van der Waals surface area (Å²) in [7, 11) is 0. The summed E-state index contributed by atoms with van der Waals surface area (Å²) in [5, 5.41) is 19.9. The van der Waals surface area contributed by atoms with Crippen molar-refractivity contribution in [2.45, 2.75) is 0 Å². The largest absolute Gasteiger partial charge is 0.317 e. The van der Waals surface area contributed by atoms with Crippen LogP contribution in [0.15, 0.2) is 54.6 Å². The van der Waals surface area contributed by atoms with E-state index in [-0.39, 0.29) is 5.57 Å². The Bertz CT molecular complexity index is 959. The molecule has 1 aromatic heterocycles. The number of nitrogens with zero attached hydrogens (tertiary/aromatic N) is 3. The number of fused-ring (bicyclic) bond motifs is 3. The van der Waals surface area contributed by atoms with E-state index in [9.17, 15) is 0 Å². The molecular formula is C18H11N3. The van der Waals surface area contributed by atoms with Crippen LogP contribution in [0.1, 0.15) is 5.56 Å². The van der Waals surface area contributed by atoms with E-state index < -0.39 is 0 Å². The summed E-state index contributed by atoms with van der Waals surface area (Å²) in [6.07, 6.45) is 3.38. The number of allylic oxidation sites excluding steroid dienone is 1. The summed E-state index contributed by atoms with van der Waals surface area (Å²) < 4.78 is 2.04. The smallest absolute Gasteiger partial charge is 0.130 e. The van der Waals surface area contributed by atoms with Gasteiger partial charge in [-0.2, -0.15) is 10.5 Å². The van der Waals surface area contributed by atoms with E-state index in [0.717, 1.165) is 27.4 Å². The van der Waals surface area contributed by atoms with E-state index in [1.54, 1.807) is 12.3 Å². The van der Waals surface area contributed by atoms with Crippen LogP contribution in [-0.2, 0) is 0 Å². The van der Waals surface area contributed by atoms with Gasteiger partial charge in [-0.3, -0.25) is 0 Å². The predicted octanol–water partition coefficient (Wildman–Crippen LogP) is 4.33. The van der Waals surface area contributed by atoms with Gasteiger partial charge < -0.3 is 4.57 Å². The topological polar surface area (TPSA) is 52.5 Å². The number of nitriles is 2. The molecule has 98 valence electrons. The van der Waals surface area contributed by atoms with Crippen molar-refractivity contribution in [2.24, 2.45) is 0 Å². The molecule has 3 rings (SSSR count). The molecule has 0 amide bonds. The van der Waals surface area contributed by atoms with Crippen LogP contribution in [0.5, 0.6) is 0 Å². The standard InChI is InChI=1S/C18H11N3/c1-2-21-17-6-4-3-5-15(17)16-10-13(7-8-18(16)21)9-14(11-19)12-20/h2-10H,1H2. The first-order chi connectivity index (χ1) is 10.3. The van der Waals surface area contributed by atoms with Crippen LogP contribution in [0.3, 0.4) is 0 Å². The predicted molar refractivity (Wildman–Crippen MR) is 85.0 cm³/mol. The Morgan fingerprint density at radius 3 is 2.43 bits per heavy atom. The van der Waals surface area contributed by atoms with Crippen molar-refractivity contribution < 1.29 is 0 Å². The quantitative estimate of drug-likeness (QED) is 0.650. The monoisotopic (exact) mass is 269 g/mol. The van der Waals surface area contributed by atoms with E-state index in [0.29, 0.717) is 0 Å². The Hall–Kier alpha value is -3.30. The molecule has 0 fully saturated rings. The summed E-state index contributed by atoms with van der Waals surface area (Å²) in [5.41, 5.74) is 3.08. The lowest BCUT2D eigenvalue weighted by Gasteiger charge is -1.99. The van der Waals surface area contributed by atoms with Gasteiger partial charge in [0.05, 0.1) is 11.0 Å². The molecule has 1 heterocycles. The highest BCUT2D eigenvalue weighted by Crippen LogP contribution is 2.30. The van der Waals surface area contributed by atoms with Crippen molar-refractivity contribution in [3.63, 3.8) is 0 Å². The van der Waals surface area contributed by atoms with Crippen molar-refractivity contribution >= 4 is 34.1 Å². The third-order valence-corrected chi connectivity index (χ3v) is 3.47. The van der Waals surface area contributed by atoms with Crippen LogP contribution in [0, 0.1) is 22.7 Å². The third-order valence-electron chi connectivity index (χ3n) is 3.47. The first-order valence-electron chi connectivity index (χ1n) is 6.45. The molecule has 3 nitrogen and oxygen atoms in total. The van der Waals surface area contributed by atoms with Gasteiger partial charge in [0.2, 0.25) is 0 Å². The second-order valence-corrected chi connectivity index (χ2v) is 4.63. The maximum absolute atomic E-state index is 8.86. The van der Waals surface area contributed by atoms with Crippen LogP contribution in [-0.4, -0.2) is 4.57 Å². The average Bonchev–Trinajstić information content (AvgIpc) is 2.85. The third kappa shape index (κ3) is 1.98. The van der Waals surface area contributed by atoms with Gasteiger partial charge in [-0.25, -0.2) is 0 Å². The number of para-hydroxylation sites is 1. The zero-order valence-electron chi connectivity index (χ0n) is 11.2. The first kappa shape index (κ1) is 12.7. The lowest BCUT2D eigenvalue weighted by molar-refractivity contribution is 1.30. The maximum atomic E-state index is 8.86. The van der Waals surface area contributed by atoms with Crippen molar-refractivity contribution in [3.05, 3.63) is 60.2 Å². The highest BCUT2D eigenvalue weighted by molar-refractivity contribution is 6.09. The van der Waals surface area contributed by atoms with Crippen LogP contribution in [0.2, 0.25) is 0 Å². The molecule has 0 aliphatic rings. The zero-order chi connectivity index (χ0) is 14.8. The molecule has 0 atom stereocenters. The average molecular weight is 269 g/mol. The van der Waals surface area contributed by atoms with Gasteiger partial charge in [0.15, 0.2) is 0 Å². The van der Waals surface area contributed by atoms with E-state index in [2.05, 4.69) is 12.6 Å². The molecule has 0 unspecified atom stereocenters. The molecule has 3 aromatic rings. The van der Waals surface area contributed by atoms with Gasteiger partial charge >= 0.3 is 0 Å². The van der Waals surface area contributed by atoms with Crippen LogP contribution in [0.4, 0.5) is 0 Å². The first-order valence-corrected chi connectivity index (χ1v) is 6.45. The second kappa shape index (κ2) is 5.00. The van der Waals surface area contributed by atoms with E-state index >= 15 is 0 Å². The highest BCUT2D eigenvalue weighted by atomic mass is 14.9. The van der Waals surface area contributed by atoms with Crippen molar-refractivity contribution in [3.8, 4) is 12.1 Å². The normalized spacial score (nSPS) is 10.0. The lowest BCUT2D eigenvalue weighted by atomic mass is 10.1. The number of hydrogen-bond donors (Lipinski definition) is 0. The fourth-order valence-corrected chi connectivity index (χ4v) is 2.56. The lowest BCUT2D eigenvalue weighted by Crippen LogP contribution is -1.84. The Morgan fingerprint density at radius 1 is 1.00 bits per heavy atom. The van der Waals surface area contributed by atoms with Gasteiger partial charge in [0.1, 0.15) is 17.7 Å². The molecule has 0 spiro atoms. The molecule has 0 aliphatic carbocycles. The summed E-state index contributed by atoms with van der Waals surface area (Å²) >= 11 is 0. The van der Waals surface area contributed by atoms with Crippen molar-refractivity contribution in [1.29, 1.82) is 10.5 Å². The molecule has 0 saturated heterocycles. The van der Waals surface area contributed by atoms with Crippen molar-refractivity contribution in [2.75, 3.05) is 0 Å². The summed E-state index contributed by atoms with van der Waals surface area (Å²) in [5.74, 6) is 0. The Morgan fingerprint density at radius 2 is 1.71 bits per heavy atom. The minimum absolute atomic E-state index is 0.0989. The van der Waals surface area contributed by atoms with Gasteiger partial charge in [0, 0.05) is 17.0 Å². The second-order valence-electron chi connectivity index (χ2n) is 4.63. The van der Waals surface area contributed by atoms with Gasteiger partial charge in [-0.1, -0.05) is 30.8 Å². The highest BCUT2D eigenvalue weighted by Gasteiger charge is 2.08. The Kier molecular flexibility index (Phi) is 3.03. The van der Waals surface area contributed by atoms with Crippen LogP contribution >= 0.6 is 0 Å². The SMILES string of the molecule is C=Cn1c2ccccc2c2cc(C=C(C#N)C#N)ccc21. The molecule has 3 heteroatoms. The number of rotatable bonds is 2. The fraction of sp³-hybridized carbons (Fsp3) is 0. The number of hydrogen-bond acceptors (Lipinski definition) is 2. The van der Waals surface area contributed by atoms with Crippen molar-refractivity contribution in [1.82, 2.24) is 4.57 Å². The van der Waals surface area contributed by atoms with E-state index in [1.807, 2.05) is 53.1 Å². The van der Waals surface area contributed by atoms with Gasteiger partial charge in [0.25, 0.3) is 0 Å². The fourth-order valence-electron chi connectivity index (χ4n) is 2.56. The number of benzene rings is 2. The molecule has 0 saturated carbocycles. The van der Waals surface area contributed by atoms with Gasteiger partial charge in [-0.05, 0) is 29.8 Å². The van der Waals surface area contributed by atoms with Crippen LogP contribution < -0.4 is 0 Å². The Labute approximate surface area is 122 Å². The molecule has 2 aromatic carbocycles. The van der Waals surface area contributed by atoms with Crippen LogP contribution in [0.25, 0.3) is 34.1 Å². The van der Waals surface area contributed by atoms with E-state index in [1.165, 1.54) is 0 Å². The number of aromatic nitrogens is 1. The maximum Gasteiger partial charge on any atom is 0.130 e.